The second-order valence-corrected chi connectivity index (χ2v) is 6.27. The Kier molecular flexibility index (Phi) is 10.2. The Balaban J connectivity index is 2.53. The third kappa shape index (κ3) is 7.02. The lowest BCUT2D eigenvalue weighted by Crippen LogP contribution is -2.52. The molecule has 0 aliphatic carbocycles. The molecule has 0 aromatic carbocycles. The summed E-state index contributed by atoms with van der Waals surface area (Å²) in [6.45, 7) is 4.72. The molecule has 2 N–H and O–H groups in total. The Morgan fingerprint density at radius 1 is 1.26 bits per heavy atom. The summed E-state index contributed by atoms with van der Waals surface area (Å²) in [7, 11) is 1.64. The Hall–Kier alpha value is -0.910. The fraction of sp³-hybridized carbons (Fsp3) is 0.833. The van der Waals surface area contributed by atoms with Crippen LogP contribution in [-0.2, 0) is 19.0 Å². The molecule has 5 nitrogen and oxygen atoms in total. The van der Waals surface area contributed by atoms with Crippen molar-refractivity contribution in [1.82, 2.24) is 0 Å². The van der Waals surface area contributed by atoms with Gasteiger partial charge in [-0.15, -0.1) is 0 Å². The molecule has 0 unspecified atom stereocenters. The zero-order valence-electron chi connectivity index (χ0n) is 14.8. The highest BCUT2D eigenvalue weighted by Crippen LogP contribution is 2.26. The summed E-state index contributed by atoms with van der Waals surface area (Å²) in [5, 5.41) is 0. The van der Waals surface area contributed by atoms with Crippen molar-refractivity contribution < 1.29 is 19.0 Å². The van der Waals surface area contributed by atoms with Crippen LogP contribution in [0.1, 0.15) is 52.4 Å². The van der Waals surface area contributed by atoms with Gasteiger partial charge in [0.1, 0.15) is 12.2 Å². The van der Waals surface area contributed by atoms with Crippen molar-refractivity contribution in [2.24, 2.45) is 11.7 Å². The summed E-state index contributed by atoms with van der Waals surface area (Å²) < 4.78 is 16.8. The quantitative estimate of drug-likeness (QED) is 0.379. The topological polar surface area (TPSA) is 70.8 Å². The third-order valence-corrected chi connectivity index (χ3v) is 4.27. The average Bonchev–Trinajstić information content (AvgIpc) is 2.55. The Bertz CT molecular complexity index is 359. The van der Waals surface area contributed by atoms with Crippen molar-refractivity contribution >= 4 is 5.97 Å². The van der Waals surface area contributed by atoms with E-state index < -0.39 is 12.1 Å². The van der Waals surface area contributed by atoms with E-state index in [0.29, 0.717) is 6.61 Å². The van der Waals surface area contributed by atoms with Crippen LogP contribution in [0.4, 0.5) is 0 Å². The van der Waals surface area contributed by atoms with Crippen molar-refractivity contribution in [2.45, 2.75) is 70.7 Å². The number of hydrogen-bond donors (Lipinski definition) is 1. The van der Waals surface area contributed by atoms with Crippen LogP contribution in [0.3, 0.4) is 0 Å². The number of methoxy groups -OCH3 is 1. The van der Waals surface area contributed by atoms with Crippen LogP contribution >= 0.6 is 0 Å². The summed E-state index contributed by atoms with van der Waals surface area (Å²) in [4.78, 5) is 11.6. The fourth-order valence-electron chi connectivity index (χ4n) is 2.92. The van der Waals surface area contributed by atoms with Crippen LogP contribution < -0.4 is 5.73 Å². The zero-order valence-corrected chi connectivity index (χ0v) is 14.8. The van der Waals surface area contributed by atoms with Gasteiger partial charge >= 0.3 is 5.97 Å². The van der Waals surface area contributed by atoms with Crippen LogP contribution in [0.15, 0.2) is 12.2 Å². The molecule has 134 valence electrons. The second-order valence-electron chi connectivity index (χ2n) is 6.27. The van der Waals surface area contributed by atoms with Gasteiger partial charge in [0.15, 0.2) is 6.10 Å². The van der Waals surface area contributed by atoms with Gasteiger partial charge in [-0.05, 0) is 12.8 Å². The van der Waals surface area contributed by atoms with E-state index in [1.165, 1.54) is 32.1 Å². The first-order valence-corrected chi connectivity index (χ1v) is 8.84. The normalized spacial score (nSPS) is 28.2. The van der Waals surface area contributed by atoms with Crippen molar-refractivity contribution in [3.63, 3.8) is 0 Å². The highest BCUT2D eigenvalue weighted by Gasteiger charge is 2.40. The molecule has 5 heteroatoms. The van der Waals surface area contributed by atoms with Crippen LogP contribution in [0.2, 0.25) is 0 Å². The molecular formula is C18H33NO4. The van der Waals surface area contributed by atoms with Gasteiger partial charge in [-0.1, -0.05) is 51.7 Å². The monoisotopic (exact) mass is 327 g/mol. The molecule has 1 fully saturated rings. The van der Waals surface area contributed by atoms with E-state index in [0.717, 1.165) is 6.42 Å². The summed E-state index contributed by atoms with van der Waals surface area (Å²) in [5.74, 6) is -0.248. The van der Waals surface area contributed by atoms with E-state index in [4.69, 9.17) is 19.9 Å². The maximum absolute atomic E-state index is 11.6. The molecule has 0 spiro atoms. The van der Waals surface area contributed by atoms with Gasteiger partial charge in [0.05, 0.1) is 13.2 Å². The highest BCUT2D eigenvalue weighted by molar-refractivity contribution is 5.71. The fourth-order valence-corrected chi connectivity index (χ4v) is 2.92. The molecule has 0 radical (unpaired) electrons. The number of allylic oxidation sites excluding steroid dienone is 1. The number of carbonyl (C=O) groups excluding carboxylic acids is 1. The first kappa shape index (κ1) is 20.1. The Morgan fingerprint density at radius 3 is 2.65 bits per heavy atom. The smallest absolute Gasteiger partial charge is 0.320 e. The highest BCUT2D eigenvalue weighted by atomic mass is 16.6. The molecule has 1 aliphatic rings. The van der Waals surface area contributed by atoms with Gasteiger partial charge < -0.3 is 19.9 Å². The third-order valence-electron chi connectivity index (χ3n) is 4.27. The van der Waals surface area contributed by atoms with Gasteiger partial charge in [-0.25, -0.2) is 0 Å². The number of esters is 1. The maximum atomic E-state index is 11.6. The van der Waals surface area contributed by atoms with Gasteiger partial charge in [0.25, 0.3) is 0 Å². The molecule has 23 heavy (non-hydrogen) atoms. The number of nitrogens with two attached hydrogens (primary N) is 1. The van der Waals surface area contributed by atoms with Crippen LogP contribution in [0.25, 0.3) is 0 Å². The summed E-state index contributed by atoms with van der Waals surface area (Å²) >= 11 is 0. The zero-order chi connectivity index (χ0) is 17.1. The number of rotatable bonds is 10. The maximum Gasteiger partial charge on any atom is 0.320 e. The van der Waals surface area contributed by atoms with Gasteiger partial charge in [0, 0.05) is 13.0 Å². The molecule has 0 saturated carbocycles. The van der Waals surface area contributed by atoms with E-state index in [1.807, 2.05) is 13.0 Å². The molecule has 4 atom stereocenters. The predicted molar refractivity (Wildman–Crippen MR) is 91.2 cm³/mol. The summed E-state index contributed by atoms with van der Waals surface area (Å²) in [6, 6.07) is 0. The van der Waals surface area contributed by atoms with E-state index in [9.17, 15) is 4.79 Å². The van der Waals surface area contributed by atoms with Gasteiger partial charge in [-0.3, -0.25) is 4.79 Å². The van der Waals surface area contributed by atoms with E-state index in [2.05, 4.69) is 13.0 Å². The lowest BCUT2D eigenvalue weighted by molar-refractivity contribution is -0.189. The first-order chi connectivity index (χ1) is 11.1. The standard InChI is InChI=1S/C18H33NO4/c1-4-5-6-7-8-9-10-11-15-18(23-16(20)12-19)17(21-3)14(2)13-22-15/h10-11,14-15,17-18H,4-9,12-13,19H2,1-3H3/b11-10+/t14-,15-,17+,18-/m0/s1. The molecule has 1 heterocycles. The Labute approximate surface area is 140 Å². The van der Waals surface area contributed by atoms with Crippen LogP contribution in [0, 0.1) is 5.92 Å². The van der Waals surface area contributed by atoms with E-state index in [-0.39, 0.29) is 24.7 Å². The number of hydrogen-bond acceptors (Lipinski definition) is 5. The van der Waals surface area contributed by atoms with Crippen molar-refractivity contribution in [3.05, 3.63) is 12.2 Å². The second kappa shape index (κ2) is 11.6. The minimum absolute atomic E-state index is 0.130. The molecule has 0 aromatic heterocycles. The molecule has 1 saturated heterocycles. The van der Waals surface area contributed by atoms with Crippen LogP contribution in [-0.4, -0.2) is 44.5 Å². The van der Waals surface area contributed by atoms with Gasteiger partial charge in [-0.2, -0.15) is 0 Å². The minimum Gasteiger partial charge on any atom is -0.455 e. The predicted octanol–water partition coefficient (Wildman–Crippen LogP) is 2.82. The molecule has 0 amide bonds. The largest absolute Gasteiger partial charge is 0.455 e. The van der Waals surface area contributed by atoms with Crippen molar-refractivity contribution in [2.75, 3.05) is 20.3 Å². The average molecular weight is 327 g/mol. The number of carbonyl (C=O) groups is 1. The summed E-state index contributed by atoms with van der Waals surface area (Å²) in [5.41, 5.74) is 5.36. The minimum atomic E-state index is -0.434. The lowest BCUT2D eigenvalue weighted by Gasteiger charge is -2.39. The van der Waals surface area contributed by atoms with Crippen molar-refractivity contribution in [3.8, 4) is 0 Å². The molecule has 1 aliphatic heterocycles. The first-order valence-electron chi connectivity index (χ1n) is 8.84. The van der Waals surface area contributed by atoms with E-state index >= 15 is 0 Å². The molecule has 1 rings (SSSR count). The van der Waals surface area contributed by atoms with Gasteiger partial charge in [0.2, 0.25) is 0 Å². The molecule has 0 aromatic rings. The molecule has 0 bridgehead atoms. The lowest BCUT2D eigenvalue weighted by atomic mass is 9.93. The van der Waals surface area contributed by atoms with Crippen LogP contribution in [0.5, 0.6) is 0 Å². The number of unbranched alkanes of at least 4 members (excludes halogenated alkanes) is 5. The SMILES string of the molecule is CCCCCCC/C=C/[C@@H]1OC[C@H](C)[C@@H](OC)[C@H]1OC(=O)CN. The number of ether oxygens (including phenoxy) is 3. The van der Waals surface area contributed by atoms with E-state index in [1.54, 1.807) is 7.11 Å². The Morgan fingerprint density at radius 2 is 2.00 bits per heavy atom. The van der Waals surface area contributed by atoms with Crippen molar-refractivity contribution in [1.29, 1.82) is 0 Å². The summed E-state index contributed by atoms with van der Waals surface area (Å²) in [6.07, 6.45) is 10.6. The molecular weight excluding hydrogens is 294 g/mol.